The van der Waals surface area contributed by atoms with Crippen LogP contribution in [-0.2, 0) is 19.1 Å². The van der Waals surface area contributed by atoms with Gasteiger partial charge < -0.3 is 9.47 Å². The summed E-state index contributed by atoms with van der Waals surface area (Å²) in [6, 6.07) is 0. The van der Waals surface area contributed by atoms with E-state index in [1.807, 2.05) is 13.8 Å². The molecule has 2 heterocycles. The Morgan fingerprint density at radius 1 is 1.00 bits per heavy atom. The molecule has 1 N–H and O–H groups in total. The molecule has 0 amide bonds. The van der Waals surface area contributed by atoms with Crippen LogP contribution in [0.4, 0.5) is 0 Å². The van der Waals surface area contributed by atoms with Gasteiger partial charge in [0.15, 0.2) is 0 Å². The minimum Gasteiger partial charge on any atom is -0.367 e. The molecule has 2 aliphatic heterocycles. The maximum Gasteiger partial charge on any atom is 0.109 e. The summed E-state index contributed by atoms with van der Waals surface area (Å²) in [4.78, 5) is 9.98. The van der Waals surface area contributed by atoms with E-state index in [0.29, 0.717) is 25.4 Å². The van der Waals surface area contributed by atoms with E-state index >= 15 is 0 Å². The van der Waals surface area contributed by atoms with E-state index in [1.165, 1.54) is 0 Å². The number of ether oxygens (including phenoxy) is 2. The van der Waals surface area contributed by atoms with Crippen molar-refractivity contribution in [3.8, 4) is 0 Å². The van der Waals surface area contributed by atoms with Gasteiger partial charge in [-0.25, -0.2) is 0 Å². The SMILES string of the molecule is CC1OC1CONOCC1O[C@@H]1C. The molecular formula is C8H15NO4. The first-order valence-corrected chi connectivity index (χ1v) is 4.57. The smallest absolute Gasteiger partial charge is 0.109 e. The van der Waals surface area contributed by atoms with Crippen molar-refractivity contribution in [2.45, 2.75) is 38.3 Å². The Hall–Kier alpha value is -0.200. The van der Waals surface area contributed by atoms with E-state index < -0.39 is 0 Å². The standard InChI is InChI=1S/C8H15NO4/c1-5-7(12-5)3-10-9-11-4-8-6(2)13-8/h5-9H,3-4H2,1-2H3/t5-,6?,7?,8?/m1/s1. The van der Waals surface area contributed by atoms with Gasteiger partial charge in [-0.1, -0.05) is 5.64 Å². The van der Waals surface area contributed by atoms with Crippen molar-refractivity contribution in [3.05, 3.63) is 0 Å². The van der Waals surface area contributed by atoms with Crippen LogP contribution in [0.2, 0.25) is 0 Å². The molecule has 0 aromatic carbocycles. The second-order valence-corrected chi connectivity index (χ2v) is 3.46. The quantitative estimate of drug-likeness (QED) is 0.362. The average molecular weight is 189 g/mol. The van der Waals surface area contributed by atoms with E-state index in [-0.39, 0.29) is 12.2 Å². The normalized spacial score (nSPS) is 42.0. The van der Waals surface area contributed by atoms with Crippen molar-refractivity contribution in [1.82, 2.24) is 5.64 Å². The van der Waals surface area contributed by atoms with E-state index in [1.54, 1.807) is 0 Å². The number of rotatable bonds is 6. The maximum absolute atomic E-state index is 5.13. The fourth-order valence-corrected chi connectivity index (χ4v) is 1.08. The topological polar surface area (TPSA) is 55.5 Å². The number of hydrogen-bond donors (Lipinski definition) is 1. The number of hydrogen-bond acceptors (Lipinski definition) is 5. The van der Waals surface area contributed by atoms with Crippen LogP contribution in [0.15, 0.2) is 0 Å². The van der Waals surface area contributed by atoms with Gasteiger partial charge in [0, 0.05) is 0 Å². The fraction of sp³-hybridized carbons (Fsp3) is 1.00. The molecule has 5 nitrogen and oxygen atoms in total. The molecule has 2 fully saturated rings. The minimum absolute atomic E-state index is 0.229. The Morgan fingerprint density at radius 2 is 1.38 bits per heavy atom. The zero-order chi connectivity index (χ0) is 9.26. The summed E-state index contributed by atoms with van der Waals surface area (Å²) in [5.74, 6) is 0. The molecule has 3 unspecified atom stereocenters. The Kier molecular flexibility index (Phi) is 2.80. The van der Waals surface area contributed by atoms with Gasteiger partial charge in [-0.3, -0.25) is 9.68 Å². The van der Waals surface area contributed by atoms with E-state index in [2.05, 4.69) is 5.64 Å². The lowest BCUT2D eigenvalue weighted by Gasteiger charge is -2.02. The molecule has 0 bridgehead atoms. The molecule has 76 valence electrons. The van der Waals surface area contributed by atoms with Crippen molar-refractivity contribution in [2.24, 2.45) is 0 Å². The molecule has 2 rings (SSSR count). The highest BCUT2D eigenvalue weighted by Crippen LogP contribution is 2.21. The minimum atomic E-state index is 0.229. The summed E-state index contributed by atoms with van der Waals surface area (Å²) >= 11 is 0. The third-order valence-electron chi connectivity index (χ3n) is 2.29. The summed E-state index contributed by atoms with van der Waals surface area (Å²) in [6.07, 6.45) is 1.11. The van der Waals surface area contributed by atoms with E-state index in [9.17, 15) is 0 Å². The molecule has 2 saturated heterocycles. The lowest BCUT2D eigenvalue weighted by atomic mass is 10.4. The summed E-state index contributed by atoms with van der Waals surface area (Å²) in [5, 5.41) is 0. The Labute approximate surface area is 77.2 Å². The van der Waals surface area contributed by atoms with Crippen LogP contribution in [0, 0.1) is 0 Å². The predicted octanol–water partition coefficient (Wildman–Crippen LogP) is 0.0138. The van der Waals surface area contributed by atoms with Crippen molar-refractivity contribution >= 4 is 0 Å². The molecule has 0 spiro atoms. The molecule has 5 heteroatoms. The second-order valence-electron chi connectivity index (χ2n) is 3.46. The van der Waals surface area contributed by atoms with Crippen LogP contribution >= 0.6 is 0 Å². The van der Waals surface area contributed by atoms with Gasteiger partial charge in [-0.15, -0.1) is 0 Å². The van der Waals surface area contributed by atoms with E-state index in [0.717, 1.165) is 0 Å². The summed E-state index contributed by atoms with van der Waals surface area (Å²) in [6.45, 7) is 5.08. The van der Waals surface area contributed by atoms with Crippen LogP contribution in [-0.4, -0.2) is 37.6 Å². The van der Waals surface area contributed by atoms with Crippen molar-refractivity contribution < 1.29 is 19.1 Å². The highest BCUT2D eigenvalue weighted by atomic mass is 16.9. The molecule has 0 aromatic rings. The molecule has 13 heavy (non-hydrogen) atoms. The van der Waals surface area contributed by atoms with Crippen LogP contribution in [0.25, 0.3) is 0 Å². The predicted molar refractivity (Wildman–Crippen MR) is 43.7 cm³/mol. The molecule has 4 atom stereocenters. The van der Waals surface area contributed by atoms with Crippen LogP contribution < -0.4 is 5.64 Å². The number of nitrogens with one attached hydrogen (secondary N) is 1. The van der Waals surface area contributed by atoms with Crippen molar-refractivity contribution in [1.29, 1.82) is 0 Å². The van der Waals surface area contributed by atoms with E-state index in [4.69, 9.17) is 19.1 Å². The molecular weight excluding hydrogens is 174 g/mol. The fourth-order valence-electron chi connectivity index (χ4n) is 1.08. The highest BCUT2D eigenvalue weighted by Gasteiger charge is 2.35. The third-order valence-corrected chi connectivity index (χ3v) is 2.29. The summed E-state index contributed by atoms with van der Waals surface area (Å²) < 4.78 is 10.3. The highest BCUT2D eigenvalue weighted by molar-refractivity contribution is 4.79. The zero-order valence-electron chi connectivity index (χ0n) is 7.86. The first kappa shape index (κ1) is 9.36. The summed E-state index contributed by atoms with van der Waals surface area (Å²) in [7, 11) is 0. The van der Waals surface area contributed by atoms with Crippen LogP contribution in [0.3, 0.4) is 0 Å². The molecule has 2 aliphatic rings. The molecule has 0 radical (unpaired) electrons. The third kappa shape index (κ3) is 2.89. The Morgan fingerprint density at radius 3 is 1.69 bits per heavy atom. The van der Waals surface area contributed by atoms with Gasteiger partial charge in [0.25, 0.3) is 0 Å². The molecule has 0 aliphatic carbocycles. The maximum atomic E-state index is 5.13. The summed E-state index contributed by atoms with van der Waals surface area (Å²) in [5.41, 5.74) is 2.41. The van der Waals surface area contributed by atoms with Gasteiger partial charge in [-0.05, 0) is 13.8 Å². The van der Waals surface area contributed by atoms with Crippen molar-refractivity contribution in [2.75, 3.05) is 13.2 Å². The zero-order valence-corrected chi connectivity index (χ0v) is 7.86. The average Bonchev–Trinajstić information content (AvgIpc) is 2.95. The van der Waals surface area contributed by atoms with Gasteiger partial charge in [0.1, 0.15) is 12.2 Å². The lowest BCUT2D eigenvalue weighted by molar-refractivity contribution is -0.174. The van der Waals surface area contributed by atoms with Crippen LogP contribution in [0.1, 0.15) is 13.8 Å². The van der Waals surface area contributed by atoms with Gasteiger partial charge in [0.05, 0.1) is 25.4 Å². The monoisotopic (exact) mass is 189 g/mol. The first-order valence-electron chi connectivity index (χ1n) is 4.57. The molecule has 0 aromatic heterocycles. The van der Waals surface area contributed by atoms with Gasteiger partial charge in [-0.2, -0.15) is 0 Å². The number of epoxide rings is 2. The van der Waals surface area contributed by atoms with Crippen LogP contribution in [0.5, 0.6) is 0 Å². The molecule has 0 saturated carbocycles. The van der Waals surface area contributed by atoms with Crippen molar-refractivity contribution in [3.63, 3.8) is 0 Å². The largest absolute Gasteiger partial charge is 0.367 e. The van der Waals surface area contributed by atoms with Gasteiger partial charge >= 0.3 is 0 Å². The first-order chi connectivity index (χ1) is 6.27. The lowest BCUT2D eigenvalue weighted by Crippen LogP contribution is -2.21. The second kappa shape index (κ2) is 3.89. The van der Waals surface area contributed by atoms with Gasteiger partial charge in [0.2, 0.25) is 0 Å². The Balaban J connectivity index is 1.37. The Bertz CT molecular complexity index is 160.